The number of aromatic nitrogens is 3. The molecule has 0 aliphatic rings. The molecule has 3 N–H and O–H groups in total. The molecular weight excluding hydrogens is 226 g/mol. The maximum Gasteiger partial charge on any atom is 0.152 e. The monoisotopic (exact) mass is 247 g/mol. The molecule has 5 heteroatoms. The molecule has 98 valence electrons. The molecule has 0 amide bonds. The highest BCUT2D eigenvalue weighted by Gasteiger charge is 2.20. The van der Waals surface area contributed by atoms with Crippen LogP contribution in [0.2, 0.25) is 0 Å². The summed E-state index contributed by atoms with van der Waals surface area (Å²) in [5.41, 5.74) is 8.08. The van der Waals surface area contributed by atoms with Gasteiger partial charge < -0.3 is 11.1 Å². The zero-order chi connectivity index (χ0) is 13.2. The molecule has 18 heavy (non-hydrogen) atoms. The summed E-state index contributed by atoms with van der Waals surface area (Å²) in [5.74, 6) is 0.842. The first kappa shape index (κ1) is 12.8. The minimum atomic E-state index is -0.177. The molecule has 0 spiro atoms. The Bertz CT molecular complexity index is 527. The van der Waals surface area contributed by atoms with Gasteiger partial charge in [0, 0.05) is 24.5 Å². The van der Waals surface area contributed by atoms with Gasteiger partial charge in [0.25, 0.3) is 0 Å². The number of nitrogens with two attached hydrogens (primary N) is 1. The van der Waals surface area contributed by atoms with Crippen LogP contribution in [0.3, 0.4) is 0 Å². The van der Waals surface area contributed by atoms with E-state index < -0.39 is 0 Å². The normalized spacial score (nSPS) is 12.0. The fraction of sp³-hybridized carbons (Fsp3) is 0.538. The summed E-state index contributed by atoms with van der Waals surface area (Å²) in [6.07, 6.45) is 5.48. The van der Waals surface area contributed by atoms with Gasteiger partial charge in [-0.05, 0) is 25.8 Å². The molecule has 2 aromatic rings. The second-order valence-electron chi connectivity index (χ2n) is 4.81. The SMILES string of the molecule is CCC(N)(CC)CNc1nccn2nc(C)cc12. The topological polar surface area (TPSA) is 68.2 Å². The van der Waals surface area contributed by atoms with Gasteiger partial charge in [-0.2, -0.15) is 5.10 Å². The standard InChI is InChI=1S/C13H21N5/c1-4-13(14,5-2)9-16-12-11-8-10(3)17-18(11)7-6-15-12/h6-8H,4-5,9,14H2,1-3H3,(H,15,16). The molecule has 0 bridgehead atoms. The number of hydrogen-bond acceptors (Lipinski definition) is 4. The van der Waals surface area contributed by atoms with E-state index in [9.17, 15) is 0 Å². The minimum absolute atomic E-state index is 0.177. The fourth-order valence-electron chi connectivity index (χ4n) is 1.94. The van der Waals surface area contributed by atoms with E-state index in [1.807, 2.05) is 23.7 Å². The minimum Gasteiger partial charge on any atom is -0.366 e. The van der Waals surface area contributed by atoms with E-state index in [4.69, 9.17) is 5.73 Å². The van der Waals surface area contributed by atoms with Gasteiger partial charge in [-0.15, -0.1) is 0 Å². The maximum atomic E-state index is 6.28. The quantitative estimate of drug-likeness (QED) is 0.847. The Balaban J connectivity index is 2.21. The van der Waals surface area contributed by atoms with Crippen molar-refractivity contribution in [2.45, 2.75) is 39.2 Å². The predicted octanol–water partition coefficient (Wildman–Crippen LogP) is 1.97. The largest absolute Gasteiger partial charge is 0.366 e. The van der Waals surface area contributed by atoms with Gasteiger partial charge in [0.15, 0.2) is 5.82 Å². The summed E-state index contributed by atoms with van der Waals surface area (Å²) in [7, 11) is 0. The van der Waals surface area contributed by atoms with Crippen LogP contribution in [-0.4, -0.2) is 26.7 Å². The summed E-state index contributed by atoms with van der Waals surface area (Å²) in [4.78, 5) is 4.36. The van der Waals surface area contributed by atoms with Crippen molar-refractivity contribution in [1.29, 1.82) is 0 Å². The Labute approximate surface area is 107 Å². The number of aryl methyl sites for hydroxylation is 1. The molecule has 2 heterocycles. The van der Waals surface area contributed by atoms with Gasteiger partial charge in [-0.1, -0.05) is 13.8 Å². The number of hydrogen-bond donors (Lipinski definition) is 2. The molecule has 0 atom stereocenters. The molecule has 0 aromatic carbocycles. The van der Waals surface area contributed by atoms with Crippen LogP contribution in [0.4, 0.5) is 5.82 Å². The lowest BCUT2D eigenvalue weighted by Gasteiger charge is -2.27. The first-order chi connectivity index (χ1) is 8.58. The number of fused-ring (bicyclic) bond motifs is 1. The van der Waals surface area contributed by atoms with Crippen molar-refractivity contribution in [2.75, 3.05) is 11.9 Å². The molecule has 2 rings (SSSR count). The van der Waals surface area contributed by atoms with Gasteiger partial charge in [-0.25, -0.2) is 9.50 Å². The van der Waals surface area contributed by atoms with Crippen molar-refractivity contribution in [3.8, 4) is 0 Å². The van der Waals surface area contributed by atoms with E-state index in [0.29, 0.717) is 0 Å². The maximum absolute atomic E-state index is 6.28. The van der Waals surface area contributed by atoms with E-state index >= 15 is 0 Å². The molecule has 0 aliphatic carbocycles. The zero-order valence-electron chi connectivity index (χ0n) is 11.3. The van der Waals surface area contributed by atoms with Crippen LogP contribution in [0, 0.1) is 6.92 Å². The summed E-state index contributed by atoms with van der Waals surface area (Å²) >= 11 is 0. The van der Waals surface area contributed by atoms with Crippen LogP contribution < -0.4 is 11.1 Å². The molecular formula is C13H21N5. The van der Waals surface area contributed by atoms with Crippen molar-refractivity contribution in [3.63, 3.8) is 0 Å². The smallest absolute Gasteiger partial charge is 0.152 e. The number of nitrogens with zero attached hydrogens (tertiary/aromatic N) is 3. The summed E-state index contributed by atoms with van der Waals surface area (Å²) in [6.45, 7) is 6.92. The first-order valence-electron chi connectivity index (χ1n) is 6.42. The molecule has 0 saturated heterocycles. The summed E-state index contributed by atoms with van der Waals surface area (Å²) in [5, 5.41) is 7.71. The summed E-state index contributed by atoms with van der Waals surface area (Å²) < 4.78 is 1.83. The van der Waals surface area contributed by atoms with Crippen molar-refractivity contribution in [2.24, 2.45) is 5.73 Å². The third-order valence-corrected chi connectivity index (χ3v) is 3.53. The average Bonchev–Trinajstić information content (AvgIpc) is 2.76. The molecule has 0 aliphatic heterocycles. The van der Waals surface area contributed by atoms with Crippen LogP contribution in [0.5, 0.6) is 0 Å². The molecule has 0 unspecified atom stereocenters. The Hall–Kier alpha value is -1.62. The Morgan fingerprint density at radius 2 is 2.11 bits per heavy atom. The third-order valence-electron chi connectivity index (χ3n) is 3.53. The van der Waals surface area contributed by atoms with Crippen LogP contribution in [0.1, 0.15) is 32.4 Å². The van der Waals surface area contributed by atoms with Crippen LogP contribution >= 0.6 is 0 Å². The molecule has 2 aromatic heterocycles. The van der Waals surface area contributed by atoms with E-state index in [2.05, 4.69) is 29.2 Å². The van der Waals surface area contributed by atoms with Crippen molar-refractivity contribution < 1.29 is 0 Å². The van der Waals surface area contributed by atoms with Gasteiger partial charge >= 0.3 is 0 Å². The number of anilines is 1. The van der Waals surface area contributed by atoms with E-state index in [0.717, 1.165) is 36.4 Å². The Morgan fingerprint density at radius 1 is 1.39 bits per heavy atom. The average molecular weight is 247 g/mol. The van der Waals surface area contributed by atoms with Gasteiger partial charge in [0.2, 0.25) is 0 Å². The lowest BCUT2D eigenvalue weighted by atomic mass is 9.94. The van der Waals surface area contributed by atoms with E-state index in [-0.39, 0.29) is 5.54 Å². The Morgan fingerprint density at radius 3 is 2.78 bits per heavy atom. The predicted molar refractivity (Wildman–Crippen MR) is 73.7 cm³/mol. The Kier molecular flexibility index (Phi) is 3.52. The van der Waals surface area contributed by atoms with Gasteiger partial charge in [0.1, 0.15) is 5.52 Å². The van der Waals surface area contributed by atoms with Crippen LogP contribution in [0.25, 0.3) is 5.52 Å². The zero-order valence-corrected chi connectivity index (χ0v) is 11.3. The van der Waals surface area contributed by atoms with Crippen LogP contribution in [-0.2, 0) is 0 Å². The molecule has 0 radical (unpaired) electrons. The highest BCUT2D eigenvalue weighted by Crippen LogP contribution is 2.17. The third kappa shape index (κ3) is 2.46. The second kappa shape index (κ2) is 4.94. The van der Waals surface area contributed by atoms with Gasteiger partial charge in [0.05, 0.1) is 5.69 Å². The van der Waals surface area contributed by atoms with E-state index in [1.54, 1.807) is 6.20 Å². The second-order valence-corrected chi connectivity index (χ2v) is 4.81. The van der Waals surface area contributed by atoms with Crippen molar-refractivity contribution in [1.82, 2.24) is 14.6 Å². The highest BCUT2D eigenvalue weighted by atomic mass is 15.2. The fourth-order valence-corrected chi connectivity index (χ4v) is 1.94. The van der Waals surface area contributed by atoms with Crippen molar-refractivity contribution >= 4 is 11.3 Å². The van der Waals surface area contributed by atoms with Crippen molar-refractivity contribution in [3.05, 3.63) is 24.2 Å². The molecule has 0 fully saturated rings. The molecule has 0 saturated carbocycles. The lowest BCUT2D eigenvalue weighted by Crippen LogP contribution is -2.45. The molecule has 5 nitrogen and oxygen atoms in total. The highest BCUT2D eigenvalue weighted by molar-refractivity contribution is 5.67. The first-order valence-corrected chi connectivity index (χ1v) is 6.42. The lowest BCUT2D eigenvalue weighted by molar-refractivity contribution is 0.418. The van der Waals surface area contributed by atoms with Gasteiger partial charge in [-0.3, -0.25) is 0 Å². The van der Waals surface area contributed by atoms with E-state index in [1.165, 1.54) is 0 Å². The summed E-state index contributed by atoms with van der Waals surface area (Å²) in [6, 6.07) is 2.02. The number of rotatable bonds is 5. The number of nitrogens with one attached hydrogen (secondary N) is 1. The van der Waals surface area contributed by atoms with Crippen LogP contribution in [0.15, 0.2) is 18.5 Å².